The molecule has 3 rings (SSSR count). The summed E-state index contributed by atoms with van der Waals surface area (Å²) in [5.74, 6) is -3.82. The number of piperidine rings is 1. The molecule has 13 nitrogen and oxygen atoms in total. The van der Waals surface area contributed by atoms with Crippen LogP contribution in [0.3, 0.4) is 0 Å². The molecule has 1 aromatic carbocycles. The lowest BCUT2D eigenvalue weighted by molar-refractivity contribution is -0.149. The van der Waals surface area contributed by atoms with Crippen LogP contribution in [0, 0.1) is 41.3 Å². The first-order valence-electron chi connectivity index (χ1n) is 19.7. The lowest BCUT2D eigenvalue weighted by Crippen LogP contribution is -2.59. The summed E-state index contributed by atoms with van der Waals surface area (Å²) in [7, 11) is 6.42. The molecule has 1 aromatic rings. The molecule has 1 aliphatic carbocycles. The number of methoxy groups -OCH3 is 2. The Morgan fingerprint density at radius 2 is 1.58 bits per heavy atom. The van der Waals surface area contributed by atoms with Crippen LogP contribution in [0.25, 0.3) is 0 Å². The topological polar surface area (TPSA) is 167 Å². The van der Waals surface area contributed by atoms with Crippen molar-refractivity contribution >= 4 is 29.6 Å². The highest BCUT2D eigenvalue weighted by Crippen LogP contribution is 2.54. The van der Waals surface area contributed by atoms with Crippen molar-refractivity contribution in [1.82, 2.24) is 25.8 Å². The van der Waals surface area contributed by atoms with Crippen LogP contribution in [0.5, 0.6) is 0 Å². The molecule has 1 saturated heterocycles. The van der Waals surface area contributed by atoms with Crippen LogP contribution < -0.4 is 16.0 Å². The standard InChI is InChI=1S/C41H66FN5O8/c1-13-23(6)35(46(10)40(51)34(22(4)5)45-39(50)33(43-9)21(2)3)31(54-11)20-32(48)47-30(19-27-24(7)36(27)47)37(55-12)25(8)38(49)44-29(41(52)53)18-26-16-14-15-17-28(26)42/h14-17,21-25,27,29-31,33-37,43H,13,18-20H2,1-12H3,(H,44,49)(H,45,50)(H,52,53)/t23-,24-,25+,27?,29-,30-,31+,33-,34-,35-,36?,37+/m0/s1. The first-order chi connectivity index (χ1) is 25.9. The predicted octanol–water partition coefficient (Wildman–Crippen LogP) is 3.49. The first kappa shape index (κ1) is 45.8. The Labute approximate surface area is 326 Å². The molecular weight excluding hydrogens is 709 g/mol. The second-order valence-corrected chi connectivity index (χ2v) is 16.3. The van der Waals surface area contributed by atoms with Crippen LogP contribution in [0.2, 0.25) is 0 Å². The summed E-state index contributed by atoms with van der Waals surface area (Å²) in [6, 6.07) is 2.15. The van der Waals surface area contributed by atoms with E-state index in [2.05, 4.69) is 22.9 Å². The number of rotatable bonds is 21. The average molecular weight is 776 g/mol. The molecular formula is C41H66FN5O8. The van der Waals surface area contributed by atoms with Gasteiger partial charge in [0.05, 0.1) is 42.7 Å². The molecule has 310 valence electrons. The summed E-state index contributed by atoms with van der Waals surface area (Å²) < 4.78 is 26.3. The Hall–Kier alpha value is -3.62. The number of likely N-dealkylation sites (N-methyl/N-ethyl adjacent to an activating group) is 2. The molecule has 4 N–H and O–H groups in total. The maximum absolute atomic E-state index is 14.5. The summed E-state index contributed by atoms with van der Waals surface area (Å²) in [6.45, 7) is 15.4. The van der Waals surface area contributed by atoms with Gasteiger partial charge in [0.1, 0.15) is 17.9 Å². The smallest absolute Gasteiger partial charge is 0.326 e. The van der Waals surface area contributed by atoms with Crippen molar-refractivity contribution in [2.75, 3.05) is 28.3 Å². The van der Waals surface area contributed by atoms with Crippen molar-refractivity contribution in [3.63, 3.8) is 0 Å². The fourth-order valence-electron chi connectivity index (χ4n) is 8.57. The number of halogens is 1. The van der Waals surface area contributed by atoms with Gasteiger partial charge in [0.15, 0.2) is 0 Å². The second kappa shape index (κ2) is 20.0. The molecule has 4 amide bonds. The molecule has 0 bridgehead atoms. The van der Waals surface area contributed by atoms with Gasteiger partial charge in [-0.2, -0.15) is 0 Å². The van der Waals surface area contributed by atoms with Gasteiger partial charge >= 0.3 is 5.97 Å². The third-order valence-electron chi connectivity index (χ3n) is 12.1. The van der Waals surface area contributed by atoms with Crippen molar-refractivity contribution in [2.45, 2.75) is 130 Å². The van der Waals surface area contributed by atoms with Gasteiger partial charge in [-0.15, -0.1) is 0 Å². The van der Waals surface area contributed by atoms with E-state index < -0.39 is 66.0 Å². The molecule has 1 aliphatic heterocycles. The molecule has 1 heterocycles. The lowest BCUT2D eigenvalue weighted by atomic mass is 9.89. The van der Waals surface area contributed by atoms with E-state index in [0.717, 1.165) is 0 Å². The SMILES string of the molecule is CC[C@H](C)[C@@H]([C@@H](CC(=O)N1C2C(C[C@H]1[C@H](OC)[C@@H](C)C(=O)N[C@@H](Cc1ccccc1F)C(=O)O)[C@@H]2C)OC)N(C)C(=O)[C@@H](NC(=O)[C@@H](NC)C(C)C)C(C)C. The predicted molar refractivity (Wildman–Crippen MR) is 207 cm³/mol. The number of fused-ring (bicyclic) bond motifs is 1. The fraction of sp³-hybridized carbons (Fsp3) is 0.732. The van der Waals surface area contributed by atoms with Crippen LogP contribution in [-0.2, 0) is 39.9 Å². The van der Waals surface area contributed by atoms with E-state index >= 15 is 0 Å². The van der Waals surface area contributed by atoms with Gasteiger partial charge in [-0.25, -0.2) is 9.18 Å². The molecule has 14 heteroatoms. The van der Waals surface area contributed by atoms with Crippen molar-refractivity contribution in [1.29, 1.82) is 0 Å². The number of aliphatic carboxylic acids is 1. The average Bonchev–Trinajstić information content (AvgIpc) is 3.56. The Morgan fingerprint density at radius 3 is 2.09 bits per heavy atom. The van der Waals surface area contributed by atoms with Gasteiger partial charge in [0.2, 0.25) is 23.6 Å². The zero-order valence-electron chi connectivity index (χ0n) is 34.8. The number of carbonyl (C=O) groups excluding carboxylic acids is 4. The number of amides is 4. The van der Waals surface area contributed by atoms with Crippen molar-refractivity contribution in [3.05, 3.63) is 35.6 Å². The highest BCUT2D eigenvalue weighted by Gasteiger charge is 2.62. The zero-order chi connectivity index (χ0) is 41.5. The van der Waals surface area contributed by atoms with Gasteiger partial charge in [0, 0.05) is 33.7 Å². The summed E-state index contributed by atoms with van der Waals surface area (Å²) >= 11 is 0. The Kier molecular flexibility index (Phi) is 16.6. The van der Waals surface area contributed by atoms with Crippen molar-refractivity contribution in [3.8, 4) is 0 Å². The van der Waals surface area contributed by atoms with E-state index in [4.69, 9.17) is 9.47 Å². The van der Waals surface area contributed by atoms with E-state index in [9.17, 15) is 33.5 Å². The van der Waals surface area contributed by atoms with Gasteiger partial charge in [-0.3, -0.25) is 19.2 Å². The Balaban J connectivity index is 1.84. The molecule has 55 heavy (non-hydrogen) atoms. The molecule has 0 spiro atoms. The second-order valence-electron chi connectivity index (χ2n) is 16.3. The summed E-state index contributed by atoms with van der Waals surface area (Å²) in [6.07, 6.45) is -0.416. The molecule has 2 unspecified atom stereocenters. The molecule has 0 aromatic heterocycles. The van der Waals surface area contributed by atoms with Gasteiger partial charge < -0.3 is 40.3 Å². The van der Waals surface area contributed by atoms with Gasteiger partial charge in [0.25, 0.3) is 0 Å². The number of carboxylic acids is 1. The van der Waals surface area contributed by atoms with Crippen LogP contribution in [0.1, 0.15) is 80.2 Å². The summed E-state index contributed by atoms with van der Waals surface area (Å²) in [5.41, 5.74) is 0.168. The Bertz CT molecular complexity index is 1490. The number of ether oxygens (including phenoxy) is 2. The van der Waals surface area contributed by atoms with E-state index in [-0.39, 0.29) is 71.8 Å². The highest BCUT2D eigenvalue weighted by molar-refractivity contribution is 5.90. The third kappa shape index (κ3) is 10.6. The Morgan fingerprint density at radius 1 is 0.964 bits per heavy atom. The normalized spacial score (nSPS) is 23.5. The van der Waals surface area contributed by atoms with Crippen LogP contribution >= 0.6 is 0 Å². The third-order valence-corrected chi connectivity index (χ3v) is 12.1. The lowest BCUT2D eigenvalue weighted by Gasteiger charge is -2.41. The minimum Gasteiger partial charge on any atom is -0.480 e. The number of nitrogens with one attached hydrogen (secondary N) is 3. The van der Waals surface area contributed by atoms with E-state index in [1.54, 1.807) is 32.0 Å². The van der Waals surface area contributed by atoms with E-state index in [0.29, 0.717) is 12.8 Å². The first-order valence-corrected chi connectivity index (χ1v) is 19.7. The summed E-state index contributed by atoms with van der Waals surface area (Å²) in [4.78, 5) is 71.1. The quantitative estimate of drug-likeness (QED) is 0.146. The number of benzene rings is 1. The summed E-state index contributed by atoms with van der Waals surface area (Å²) in [5, 5.41) is 18.5. The minimum absolute atomic E-state index is 0.00732. The maximum Gasteiger partial charge on any atom is 0.326 e. The number of carbonyl (C=O) groups is 5. The molecule has 2 aliphatic rings. The number of hydrogen-bond donors (Lipinski definition) is 4. The largest absolute Gasteiger partial charge is 0.480 e. The minimum atomic E-state index is -1.37. The fourth-order valence-corrected chi connectivity index (χ4v) is 8.57. The molecule has 12 atom stereocenters. The van der Waals surface area contributed by atoms with Crippen molar-refractivity contribution < 1.29 is 42.9 Å². The van der Waals surface area contributed by atoms with E-state index in [1.807, 2.05) is 46.4 Å². The zero-order valence-corrected chi connectivity index (χ0v) is 34.8. The van der Waals surface area contributed by atoms with Gasteiger partial charge in [-0.05, 0) is 54.7 Å². The number of hydrogen-bond acceptors (Lipinski definition) is 8. The molecule has 1 saturated carbocycles. The van der Waals surface area contributed by atoms with E-state index in [1.165, 1.54) is 32.4 Å². The molecule has 2 fully saturated rings. The monoisotopic (exact) mass is 775 g/mol. The van der Waals surface area contributed by atoms with Crippen molar-refractivity contribution in [2.24, 2.45) is 35.5 Å². The van der Waals surface area contributed by atoms with Crippen LogP contribution in [-0.4, -0.2) is 121 Å². The number of carboxylic acid groups (broad SMARTS) is 1. The highest BCUT2D eigenvalue weighted by atomic mass is 19.1. The molecule has 0 radical (unpaired) electrons. The van der Waals surface area contributed by atoms with Crippen LogP contribution in [0.4, 0.5) is 4.39 Å². The van der Waals surface area contributed by atoms with Crippen LogP contribution in [0.15, 0.2) is 24.3 Å². The van der Waals surface area contributed by atoms with Gasteiger partial charge in [-0.1, -0.05) is 80.0 Å². The number of likely N-dealkylation sites (tertiary alicyclic amines) is 1. The maximum atomic E-state index is 14.5. The number of nitrogens with zero attached hydrogens (tertiary/aromatic N) is 2.